The number of ether oxygens (including phenoxy) is 1. The van der Waals surface area contributed by atoms with E-state index in [1.165, 1.54) is 12.1 Å². The summed E-state index contributed by atoms with van der Waals surface area (Å²) in [5, 5.41) is 9.35. The van der Waals surface area contributed by atoms with Gasteiger partial charge in [-0.25, -0.2) is 9.18 Å². The SMILES string of the molecule is CCOC(=O)C(O)c1ccc(Br)c(Cl)c1F. The summed E-state index contributed by atoms with van der Waals surface area (Å²) < 4.78 is 18.5. The van der Waals surface area contributed by atoms with E-state index in [9.17, 15) is 14.3 Å². The van der Waals surface area contributed by atoms with Crippen LogP contribution >= 0.6 is 27.5 Å². The van der Waals surface area contributed by atoms with Crippen LogP contribution in [-0.4, -0.2) is 17.7 Å². The summed E-state index contributed by atoms with van der Waals surface area (Å²) in [6.45, 7) is 1.71. The first-order valence-corrected chi connectivity index (χ1v) is 5.64. The zero-order valence-corrected chi connectivity index (χ0v) is 10.7. The number of carbonyl (C=O) groups excluding carboxylic acids is 1. The van der Waals surface area contributed by atoms with Gasteiger partial charge in [0, 0.05) is 10.0 Å². The quantitative estimate of drug-likeness (QED) is 0.690. The van der Waals surface area contributed by atoms with Gasteiger partial charge in [-0.05, 0) is 28.9 Å². The van der Waals surface area contributed by atoms with Gasteiger partial charge in [-0.3, -0.25) is 0 Å². The second-order valence-electron chi connectivity index (χ2n) is 2.92. The molecule has 0 fully saturated rings. The molecular formula is C10H9BrClFO3. The molecule has 1 aromatic carbocycles. The first-order chi connectivity index (χ1) is 7.49. The highest BCUT2D eigenvalue weighted by Gasteiger charge is 2.24. The first-order valence-electron chi connectivity index (χ1n) is 4.47. The third kappa shape index (κ3) is 2.72. The van der Waals surface area contributed by atoms with Crippen LogP contribution in [0, 0.1) is 5.82 Å². The smallest absolute Gasteiger partial charge is 0.339 e. The molecule has 0 aromatic heterocycles. The normalized spacial score (nSPS) is 12.3. The Morgan fingerprint density at radius 3 is 2.88 bits per heavy atom. The Bertz CT molecular complexity index is 411. The standard InChI is InChI=1S/C10H9BrClFO3/c1-2-16-10(15)9(14)5-3-4-6(11)7(12)8(5)13/h3-4,9,14H,2H2,1H3. The van der Waals surface area contributed by atoms with Crippen LogP contribution in [0.2, 0.25) is 5.02 Å². The van der Waals surface area contributed by atoms with Crippen LogP contribution in [-0.2, 0) is 9.53 Å². The molecule has 3 nitrogen and oxygen atoms in total. The lowest BCUT2D eigenvalue weighted by Gasteiger charge is -2.11. The van der Waals surface area contributed by atoms with Crippen molar-refractivity contribution in [1.29, 1.82) is 0 Å². The van der Waals surface area contributed by atoms with Crippen molar-refractivity contribution < 1.29 is 19.0 Å². The van der Waals surface area contributed by atoms with Gasteiger partial charge in [0.1, 0.15) is 5.82 Å². The van der Waals surface area contributed by atoms with Gasteiger partial charge in [0.2, 0.25) is 0 Å². The molecule has 88 valence electrons. The highest BCUT2D eigenvalue weighted by molar-refractivity contribution is 9.10. The zero-order valence-electron chi connectivity index (χ0n) is 8.34. The van der Waals surface area contributed by atoms with E-state index in [0.717, 1.165) is 0 Å². The van der Waals surface area contributed by atoms with Crippen LogP contribution in [0.3, 0.4) is 0 Å². The van der Waals surface area contributed by atoms with E-state index in [0.29, 0.717) is 4.47 Å². The lowest BCUT2D eigenvalue weighted by atomic mass is 10.1. The van der Waals surface area contributed by atoms with Crippen LogP contribution in [0.25, 0.3) is 0 Å². The van der Waals surface area contributed by atoms with Crippen molar-refractivity contribution in [2.24, 2.45) is 0 Å². The van der Waals surface area contributed by atoms with Crippen LogP contribution in [0.5, 0.6) is 0 Å². The fourth-order valence-electron chi connectivity index (χ4n) is 1.10. The Morgan fingerprint density at radius 2 is 2.31 bits per heavy atom. The van der Waals surface area contributed by atoms with Crippen molar-refractivity contribution in [3.8, 4) is 0 Å². The first kappa shape index (κ1) is 13.4. The molecule has 0 radical (unpaired) electrons. The number of benzene rings is 1. The summed E-state index contributed by atoms with van der Waals surface area (Å²) in [6, 6.07) is 2.72. The number of carbonyl (C=O) groups is 1. The van der Waals surface area contributed by atoms with Crippen LogP contribution < -0.4 is 0 Å². The van der Waals surface area contributed by atoms with E-state index in [1.807, 2.05) is 0 Å². The van der Waals surface area contributed by atoms with Gasteiger partial charge in [0.15, 0.2) is 6.10 Å². The Morgan fingerprint density at radius 1 is 1.69 bits per heavy atom. The molecule has 1 rings (SSSR count). The minimum atomic E-state index is -1.66. The van der Waals surface area contributed by atoms with Crippen molar-refractivity contribution in [3.63, 3.8) is 0 Å². The molecule has 0 aliphatic carbocycles. The minimum absolute atomic E-state index is 0.113. The van der Waals surface area contributed by atoms with Gasteiger partial charge in [-0.15, -0.1) is 0 Å². The number of aliphatic hydroxyl groups excluding tert-OH is 1. The van der Waals surface area contributed by atoms with Crippen LogP contribution in [0.15, 0.2) is 16.6 Å². The fraction of sp³-hybridized carbons (Fsp3) is 0.300. The maximum atomic E-state index is 13.6. The third-order valence-electron chi connectivity index (χ3n) is 1.87. The van der Waals surface area contributed by atoms with Gasteiger partial charge in [-0.2, -0.15) is 0 Å². The van der Waals surface area contributed by atoms with Gasteiger partial charge < -0.3 is 9.84 Å². The van der Waals surface area contributed by atoms with E-state index >= 15 is 0 Å². The summed E-state index contributed by atoms with van der Waals surface area (Å²) >= 11 is 8.65. The zero-order chi connectivity index (χ0) is 12.3. The van der Waals surface area contributed by atoms with Crippen LogP contribution in [0.1, 0.15) is 18.6 Å². The van der Waals surface area contributed by atoms with Gasteiger partial charge in [0.25, 0.3) is 0 Å². The maximum absolute atomic E-state index is 13.6. The molecule has 0 saturated carbocycles. The molecule has 1 unspecified atom stereocenters. The Hall–Kier alpha value is -0.650. The van der Waals surface area contributed by atoms with Crippen molar-refractivity contribution in [3.05, 3.63) is 33.0 Å². The third-order valence-corrected chi connectivity index (χ3v) is 3.13. The fourth-order valence-corrected chi connectivity index (χ4v) is 1.58. The molecule has 6 heteroatoms. The van der Waals surface area contributed by atoms with Crippen molar-refractivity contribution in [1.82, 2.24) is 0 Å². The summed E-state index contributed by atoms with van der Waals surface area (Å²) in [5.41, 5.74) is -0.202. The van der Waals surface area contributed by atoms with Crippen molar-refractivity contribution in [2.75, 3.05) is 6.61 Å². The Balaban J connectivity index is 3.05. The van der Waals surface area contributed by atoms with E-state index in [2.05, 4.69) is 20.7 Å². The maximum Gasteiger partial charge on any atom is 0.339 e. The van der Waals surface area contributed by atoms with Crippen molar-refractivity contribution in [2.45, 2.75) is 13.0 Å². The molecule has 16 heavy (non-hydrogen) atoms. The summed E-state index contributed by atoms with van der Waals surface area (Å²) in [4.78, 5) is 11.2. The van der Waals surface area contributed by atoms with Crippen LogP contribution in [0.4, 0.5) is 4.39 Å². The lowest BCUT2D eigenvalue weighted by molar-refractivity contribution is -0.153. The second-order valence-corrected chi connectivity index (χ2v) is 4.15. The average Bonchev–Trinajstić information content (AvgIpc) is 2.26. The lowest BCUT2D eigenvalue weighted by Crippen LogP contribution is -2.16. The largest absolute Gasteiger partial charge is 0.464 e. The number of halogens is 3. The molecule has 1 atom stereocenters. The van der Waals surface area contributed by atoms with Gasteiger partial charge >= 0.3 is 5.97 Å². The monoisotopic (exact) mass is 310 g/mol. The van der Waals surface area contributed by atoms with Gasteiger partial charge in [-0.1, -0.05) is 17.7 Å². The molecule has 0 amide bonds. The molecule has 0 aliphatic heterocycles. The number of rotatable bonds is 3. The van der Waals surface area contributed by atoms with E-state index < -0.39 is 17.9 Å². The highest BCUT2D eigenvalue weighted by Crippen LogP contribution is 2.30. The molecule has 0 aliphatic rings. The molecule has 0 saturated heterocycles. The highest BCUT2D eigenvalue weighted by atomic mass is 79.9. The summed E-state index contributed by atoms with van der Waals surface area (Å²) in [5.74, 6) is -1.74. The molecule has 0 spiro atoms. The Labute approximate surface area is 105 Å². The molecule has 1 aromatic rings. The van der Waals surface area contributed by atoms with E-state index in [-0.39, 0.29) is 17.2 Å². The molecule has 0 bridgehead atoms. The number of esters is 1. The molecule has 0 heterocycles. The molecule has 1 N–H and O–H groups in total. The predicted molar refractivity (Wildman–Crippen MR) is 60.7 cm³/mol. The summed E-state index contributed by atoms with van der Waals surface area (Å²) in [6.07, 6.45) is -1.66. The van der Waals surface area contributed by atoms with E-state index in [1.54, 1.807) is 6.92 Å². The van der Waals surface area contributed by atoms with Gasteiger partial charge in [0.05, 0.1) is 11.6 Å². The molecular weight excluding hydrogens is 302 g/mol. The Kier molecular flexibility index (Phi) is 4.70. The summed E-state index contributed by atoms with van der Waals surface area (Å²) in [7, 11) is 0. The number of hydrogen-bond donors (Lipinski definition) is 1. The van der Waals surface area contributed by atoms with E-state index in [4.69, 9.17) is 11.6 Å². The second kappa shape index (κ2) is 5.61. The average molecular weight is 312 g/mol. The number of aliphatic hydroxyl groups is 1. The topological polar surface area (TPSA) is 46.5 Å². The van der Waals surface area contributed by atoms with Crippen molar-refractivity contribution >= 4 is 33.5 Å². The number of hydrogen-bond acceptors (Lipinski definition) is 3. The predicted octanol–water partition coefficient (Wildman–Crippen LogP) is 2.84. The minimum Gasteiger partial charge on any atom is -0.464 e.